The first-order chi connectivity index (χ1) is 9.15. The van der Waals surface area contributed by atoms with Gasteiger partial charge in [0.15, 0.2) is 0 Å². The molecule has 0 aliphatic heterocycles. The maximum atomic E-state index is 5.75. The van der Waals surface area contributed by atoms with Gasteiger partial charge in [0.1, 0.15) is 0 Å². The van der Waals surface area contributed by atoms with Crippen molar-refractivity contribution >= 4 is 15.9 Å². The molecule has 0 aliphatic rings. The lowest BCUT2D eigenvalue weighted by Gasteiger charge is -2.06. The molecule has 2 N–H and O–H groups in total. The number of halogens is 1. The molecule has 0 bridgehead atoms. The van der Waals surface area contributed by atoms with Gasteiger partial charge in [-0.2, -0.15) is 4.98 Å². The summed E-state index contributed by atoms with van der Waals surface area (Å²) in [5.41, 5.74) is 7.86. The maximum Gasteiger partial charge on any atom is 0.231 e. The molecule has 1 atom stereocenters. The Hall–Kier alpha value is -1.20. The molecule has 0 saturated heterocycles. The number of benzene rings is 1. The molecule has 102 valence electrons. The van der Waals surface area contributed by atoms with E-state index in [1.165, 1.54) is 0 Å². The number of aromatic nitrogens is 2. The van der Waals surface area contributed by atoms with Gasteiger partial charge in [0.25, 0.3) is 0 Å². The summed E-state index contributed by atoms with van der Waals surface area (Å²) in [6.45, 7) is 4.69. The van der Waals surface area contributed by atoms with E-state index in [9.17, 15) is 0 Å². The Morgan fingerprint density at radius 3 is 2.84 bits per heavy atom. The highest BCUT2D eigenvalue weighted by Gasteiger charge is 2.18. The van der Waals surface area contributed by atoms with Gasteiger partial charge in [-0.05, 0) is 37.1 Å². The number of aryl methyl sites for hydroxylation is 1. The maximum absolute atomic E-state index is 5.75. The molecule has 1 aromatic heterocycles. The summed E-state index contributed by atoms with van der Waals surface area (Å²) in [7, 11) is 0. The number of nitrogens with zero attached hydrogens (tertiary/aromatic N) is 2. The summed E-state index contributed by atoms with van der Waals surface area (Å²) in [4.78, 5) is 4.49. The van der Waals surface area contributed by atoms with Gasteiger partial charge in [0.2, 0.25) is 11.7 Å². The molecule has 1 heterocycles. The largest absolute Gasteiger partial charge is 0.339 e. The van der Waals surface area contributed by atoms with Crippen LogP contribution in [-0.2, 0) is 0 Å². The third kappa shape index (κ3) is 3.22. The van der Waals surface area contributed by atoms with Crippen LogP contribution in [0.3, 0.4) is 0 Å². The molecule has 5 heteroatoms. The Labute approximate surface area is 121 Å². The molecule has 2 aromatic rings. The Morgan fingerprint density at radius 1 is 1.42 bits per heavy atom. The van der Waals surface area contributed by atoms with Gasteiger partial charge in [0, 0.05) is 16.6 Å². The topological polar surface area (TPSA) is 64.9 Å². The minimum absolute atomic E-state index is 0.155. The van der Waals surface area contributed by atoms with Crippen molar-refractivity contribution in [2.24, 2.45) is 5.73 Å². The second-order valence-electron chi connectivity index (χ2n) is 4.64. The fourth-order valence-corrected chi connectivity index (χ4v) is 2.55. The molecule has 1 aromatic carbocycles. The molecule has 4 nitrogen and oxygen atoms in total. The van der Waals surface area contributed by atoms with Crippen LogP contribution in [0.25, 0.3) is 11.4 Å². The zero-order valence-corrected chi connectivity index (χ0v) is 12.8. The third-order valence-corrected chi connectivity index (χ3v) is 3.64. The van der Waals surface area contributed by atoms with E-state index in [4.69, 9.17) is 10.3 Å². The number of rotatable bonds is 5. The molecule has 0 amide bonds. The van der Waals surface area contributed by atoms with E-state index in [0.29, 0.717) is 18.3 Å². The molecule has 0 spiro atoms. The molecule has 0 fully saturated rings. The first-order valence-corrected chi connectivity index (χ1v) is 7.25. The lowest BCUT2D eigenvalue weighted by molar-refractivity contribution is 0.347. The Morgan fingerprint density at radius 2 is 2.21 bits per heavy atom. The Kier molecular flexibility index (Phi) is 4.71. The fourth-order valence-electron chi connectivity index (χ4n) is 2.08. The summed E-state index contributed by atoms with van der Waals surface area (Å²) < 4.78 is 6.40. The van der Waals surface area contributed by atoms with E-state index in [1.54, 1.807) is 0 Å². The standard InChI is InChI=1S/C14H18BrN3O/c1-3-4-10(8-16)14-17-13(18-19-14)12-6-5-11(15)7-9(12)2/h5-7,10H,3-4,8,16H2,1-2H3. The van der Waals surface area contributed by atoms with Crippen LogP contribution in [0, 0.1) is 6.92 Å². The minimum Gasteiger partial charge on any atom is -0.339 e. The lowest BCUT2D eigenvalue weighted by atomic mass is 10.0. The van der Waals surface area contributed by atoms with Crippen molar-refractivity contribution in [3.63, 3.8) is 0 Å². The molecular weight excluding hydrogens is 306 g/mol. The van der Waals surface area contributed by atoms with Crippen molar-refractivity contribution in [2.75, 3.05) is 6.54 Å². The van der Waals surface area contributed by atoms with E-state index in [2.05, 4.69) is 33.0 Å². The molecule has 1 unspecified atom stereocenters. The van der Waals surface area contributed by atoms with Crippen LogP contribution in [0.1, 0.15) is 37.1 Å². The van der Waals surface area contributed by atoms with Gasteiger partial charge in [-0.15, -0.1) is 0 Å². The molecule has 0 aliphatic carbocycles. The average molecular weight is 324 g/mol. The summed E-state index contributed by atoms with van der Waals surface area (Å²) in [6.07, 6.45) is 2.02. The average Bonchev–Trinajstić information content (AvgIpc) is 2.85. The normalized spacial score (nSPS) is 12.6. The van der Waals surface area contributed by atoms with Crippen LogP contribution >= 0.6 is 15.9 Å². The highest BCUT2D eigenvalue weighted by molar-refractivity contribution is 9.10. The first-order valence-electron chi connectivity index (χ1n) is 6.46. The Balaban J connectivity index is 2.29. The number of hydrogen-bond acceptors (Lipinski definition) is 4. The third-order valence-electron chi connectivity index (χ3n) is 3.14. The molecule has 0 radical (unpaired) electrons. The van der Waals surface area contributed by atoms with E-state index in [1.807, 2.05) is 25.1 Å². The highest BCUT2D eigenvalue weighted by atomic mass is 79.9. The fraction of sp³-hybridized carbons (Fsp3) is 0.429. The van der Waals surface area contributed by atoms with Gasteiger partial charge in [-0.3, -0.25) is 0 Å². The van der Waals surface area contributed by atoms with Gasteiger partial charge < -0.3 is 10.3 Å². The SMILES string of the molecule is CCCC(CN)c1nc(-c2ccc(Br)cc2C)no1. The van der Waals surface area contributed by atoms with E-state index in [0.717, 1.165) is 28.4 Å². The summed E-state index contributed by atoms with van der Waals surface area (Å²) in [6, 6.07) is 6.01. The number of nitrogens with two attached hydrogens (primary N) is 1. The predicted molar refractivity (Wildman–Crippen MR) is 78.9 cm³/mol. The van der Waals surface area contributed by atoms with Crippen LogP contribution in [0.4, 0.5) is 0 Å². The summed E-state index contributed by atoms with van der Waals surface area (Å²) in [5.74, 6) is 1.43. The summed E-state index contributed by atoms with van der Waals surface area (Å²) >= 11 is 3.45. The van der Waals surface area contributed by atoms with Crippen molar-refractivity contribution in [3.8, 4) is 11.4 Å². The van der Waals surface area contributed by atoms with Crippen molar-refractivity contribution in [2.45, 2.75) is 32.6 Å². The molecule has 0 saturated carbocycles. The zero-order chi connectivity index (χ0) is 13.8. The van der Waals surface area contributed by atoms with Crippen LogP contribution in [-0.4, -0.2) is 16.7 Å². The van der Waals surface area contributed by atoms with E-state index >= 15 is 0 Å². The van der Waals surface area contributed by atoms with Crippen LogP contribution in [0.5, 0.6) is 0 Å². The van der Waals surface area contributed by atoms with Crippen molar-refractivity contribution in [1.82, 2.24) is 10.1 Å². The second-order valence-corrected chi connectivity index (χ2v) is 5.55. The van der Waals surface area contributed by atoms with Crippen LogP contribution in [0.15, 0.2) is 27.2 Å². The predicted octanol–water partition coefficient (Wildman–Crippen LogP) is 3.65. The van der Waals surface area contributed by atoms with Crippen molar-refractivity contribution in [1.29, 1.82) is 0 Å². The van der Waals surface area contributed by atoms with Crippen LogP contribution < -0.4 is 5.73 Å². The van der Waals surface area contributed by atoms with E-state index < -0.39 is 0 Å². The minimum atomic E-state index is 0.155. The smallest absolute Gasteiger partial charge is 0.231 e. The first kappa shape index (κ1) is 14.2. The van der Waals surface area contributed by atoms with Gasteiger partial charge in [-0.25, -0.2) is 0 Å². The van der Waals surface area contributed by atoms with E-state index in [-0.39, 0.29) is 5.92 Å². The van der Waals surface area contributed by atoms with Gasteiger partial charge in [-0.1, -0.05) is 34.4 Å². The molecule has 2 rings (SSSR count). The van der Waals surface area contributed by atoms with Crippen LogP contribution in [0.2, 0.25) is 0 Å². The highest BCUT2D eigenvalue weighted by Crippen LogP contribution is 2.26. The molecular formula is C14H18BrN3O. The number of hydrogen-bond donors (Lipinski definition) is 1. The Bertz CT molecular complexity index is 553. The van der Waals surface area contributed by atoms with Crippen molar-refractivity contribution < 1.29 is 4.52 Å². The van der Waals surface area contributed by atoms with Gasteiger partial charge >= 0.3 is 0 Å². The lowest BCUT2D eigenvalue weighted by Crippen LogP contribution is -2.12. The van der Waals surface area contributed by atoms with Gasteiger partial charge in [0.05, 0.1) is 5.92 Å². The molecule has 19 heavy (non-hydrogen) atoms. The summed E-state index contributed by atoms with van der Waals surface area (Å²) in [5, 5.41) is 4.07. The zero-order valence-electron chi connectivity index (χ0n) is 11.2. The second kappa shape index (κ2) is 6.30. The monoisotopic (exact) mass is 323 g/mol. The quantitative estimate of drug-likeness (QED) is 0.912. The van der Waals surface area contributed by atoms with Crippen molar-refractivity contribution in [3.05, 3.63) is 34.1 Å².